The minimum Gasteiger partial charge on any atom is -0.459 e. The van der Waals surface area contributed by atoms with Crippen molar-refractivity contribution in [2.24, 2.45) is 0 Å². The first-order valence-electron chi connectivity index (χ1n) is 6.97. The smallest absolute Gasteiger partial charge is 0.293 e. The van der Waals surface area contributed by atoms with E-state index in [1.807, 2.05) is 12.1 Å². The number of hydrogen-bond acceptors (Lipinski definition) is 7. The summed E-state index contributed by atoms with van der Waals surface area (Å²) in [5.41, 5.74) is 0.720. The number of carbonyl (C=O) groups is 2. The third-order valence-electron chi connectivity index (χ3n) is 2.83. The summed E-state index contributed by atoms with van der Waals surface area (Å²) in [5, 5.41) is 13.5. The van der Waals surface area contributed by atoms with Crippen molar-refractivity contribution in [3.8, 4) is 0 Å². The number of furan rings is 1. The molecule has 0 spiro atoms. The lowest BCUT2D eigenvalue weighted by atomic mass is 10.3. The maximum absolute atomic E-state index is 11.9. The number of halogens is 1. The molecule has 0 saturated carbocycles. The second-order valence-electron chi connectivity index (χ2n) is 4.65. The summed E-state index contributed by atoms with van der Waals surface area (Å²) in [4.78, 5) is 23.8. The molecule has 3 rings (SSSR count). The number of aromatic nitrogens is 2. The second-order valence-corrected chi connectivity index (χ2v) is 7.76. The predicted molar refractivity (Wildman–Crippen MR) is 100 cm³/mol. The van der Waals surface area contributed by atoms with Crippen molar-refractivity contribution in [2.75, 3.05) is 16.4 Å². The summed E-state index contributed by atoms with van der Waals surface area (Å²) in [6, 6.07) is 10.5. The van der Waals surface area contributed by atoms with Gasteiger partial charge in [-0.05, 0) is 36.4 Å². The first kappa shape index (κ1) is 17.6. The summed E-state index contributed by atoms with van der Waals surface area (Å²) in [6.45, 7) is 0. The van der Waals surface area contributed by atoms with Crippen LogP contribution in [0.25, 0.3) is 0 Å². The quantitative estimate of drug-likeness (QED) is 0.447. The zero-order valence-electron chi connectivity index (χ0n) is 12.6. The zero-order valence-corrected chi connectivity index (χ0v) is 15.8. The standard InChI is InChI=1S/C15H11BrN4O3S2/c16-9-3-5-10(6-4-9)17-12(21)8-24-15-20-19-14(25-15)18-13(22)11-2-1-7-23-11/h1-7H,8H2,(H,17,21)(H,18,19,22). The van der Waals surface area contributed by atoms with E-state index in [2.05, 4.69) is 36.8 Å². The fourth-order valence-electron chi connectivity index (χ4n) is 1.74. The van der Waals surface area contributed by atoms with Crippen LogP contribution >= 0.6 is 39.0 Å². The number of thioether (sulfide) groups is 1. The highest BCUT2D eigenvalue weighted by Crippen LogP contribution is 2.26. The molecule has 2 amide bonds. The monoisotopic (exact) mass is 438 g/mol. The number of hydrogen-bond donors (Lipinski definition) is 2. The Bertz CT molecular complexity index is 865. The molecule has 2 aromatic heterocycles. The van der Waals surface area contributed by atoms with Crippen molar-refractivity contribution < 1.29 is 14.0 Å². The molecule has 0 bridgehead atoms. The van der Waals surface area contributed by atoms with Crippen molar-refractivity contribution in [2.45, 2.75) is 4.34 Å². The number of anilines is 2. The summed E-state index contributed by atoms with van der Waals surface area (Å²) < 4.78 is 6.53. The Kier molecular flexibility index (Phi) is 5.84. The minimum absolute atomic E-state index is 0.149. The number of carbonyl (C=O) groups excluding carboxylic acids is 2. The molecular formula is C15H11BrN4O3S2. The Morgan fingerprint density at radius 1 is 1.16 bits per heavy atom. The lowest BCUT2D eigenvalue weighted by molar-refractivity contribution is -0.113. The van der Waals surface area contributed by atoms with Crippen LogP contribution in [0.15, 0.2) is 55.9 Å². The van der Waals surface area contributed by atoms with Gasteiger partial charge in [-0.3, -0.25) is 14.9 Å². The average molecular weight is 439 g/mol. The van der Waals surface area contributed by atoms with Gasteiger partial charge >= 0.3 is 0 Å². The van der Waals surface area contributed by atoms with Crippen molar-refractivity contribution in [1.29, 1.82) is 0 Å². The number of rotatable bonds is 6. The van der Waals surface area contributed by atoms with E-state index in [9.17, 15) is 9.59 Å². The van der Waals surface area contributed by atoms with E-state index in [4.69, 9.17) is 4.42 Å². The van der Waals surface area contributed by atoms with Gasteiger partial charge in [-0.1, -0.05) is 39.0 Å². The van der Waals surface area contributed by atoms with Gasteiger partial charge in [0.15, 0.2) is 10.1 Å². The first-order chi connectivity index (χ1) is 12.1. The topological polar surface area (TPSA) is 97.1 Å². The fraction of sp³-hybridized carbons (Fsp3) is 0.0667. The number of benzene rings is 1. The van der Waals surface area contributed by atoms with E-state index in [1.165, 1.54) is 29.4 Å². The van der Waals surface area contributed by atoms with Crippen LogP contribution in [0.1, 0.15) is 10.6 Å². The maximum Gasteiger partial charge on any atom is 0.293 e. The second kappa shape index (κ2) is 8.28. The normalized spacial score (nSPS) is 10.4. The Hall–Kier alpha value is -2.17. The van der Waals surface area contributed by atoms with Gasteiger partial charge in [0, 0.05) is 10.2 Å². The zero-order chi connectivity index (χ0) is 17.6. The Morgan fingerprint density at radius 2 is 1.96 bits per heavy atom. The van der Waals surface area contributed by atoms with Crippen LogP contribution in [-0.2, 0) is 4.79 Å². The average Bonchev–Trinajstić information content (AvgIpc) is 3.27. The number of amides is 2. The molecule has 2 heterocycles. The molecule has 0 radical (unpaired) electrons. The highest BCUT2D eigenvalue weighted by molar-refractivity contribution is 9.10. The minimum atomic E-state index is -0.398. The molecule has 0 fully saturated rings. The van der Waals surface area contributed by atoms with Gasteiger partial charge in [0.25, 0.3) is 5.91 Å². The van der Waals surface area contributed by atoms with Crippen LogP contribution in [0.2, 0.25) is 0 Å². The van der Waals surface area contributed by atoms with E-state index in [0.29, 0.717) is 9.47 Å². The molecule has 0 aliphatic heterocycles. The van der Waals surface area contributed by atoms with Gasteiger partial charge in [-0.15, -0.1) is 10.2 Å². The highest BCUT2D eigenvalue weighted by Gasteiger charge is 2.13. The Labute approximate surface area is 159 Å². The summed E-state index contributed by atoms with van der Waals surface area (Å²) in [5.74, 6) is -0.163. The molecule has 25 heavy (non-hydrogen) atoms. The summed E-state index contributed by atoms with van der Waals surface area (Å²) in [7, 11) is 0. The third kappa shape index (κ3) is 5.15. The third-order valence-corrected chi connectivity index (χ3v) is 5.33. The van der Waals surface area contributed by atoms with Crippen molar-refractivity contribution >= 4 is 61.7 Å². The van der Waals surface area contributed by atoms with Gasteiger partial charge in [0.1, 0.15) is 0 Å². The molecule has 0 atom stereocenters. The molecule has 3 aromatic rings. The SMILES string of the molecule is O=C(CSc1nnc(NC(=O)c2ccco2)s1)Nc1ccc(Br)cc1. The van der Waals surface area contributed by atoms with Gasteiger partial charge in [0.05, 0.1) is 12.0 Å². The summed E-state index contributed by atoms with van der Waals surface area (Å²) >= 11 is 5.77. The van der Waals surface area contributed by atoms with E-state index < -0.39 is 5.91 Å². The predicted octanol–water partition coefficient (Wildman–Crippen LogP) is 3.88. The van der Waals surface area contributed by atoms with Crippen LogP contribution < -0.4 is 10.6 Å². The van der Waals surface area contributed by atoms with Gasteiger partial charge in [0.2, 0.25) is 11.0 Å². The van der Waals surface area contributed by atoms with E-state index in [-0.39, 0.29) is 17.4 Å². The van der Waals surface area contributed by atoms with Crippen molar-refractivity contribution in [1.82, 2.24) is 10.2 Å². The molecule has 128 valence electrons. The first-order valence-corrected chi connectivity index (χ1v) is 9.56. The maximum atomic E-state index is 11.9. The van der Waals surface area contributed by atoms with Crippen LogP contribution in [-0.4, -0.2) is 27.8 Å². The van der Waals surface area contributed by atoms with Crippen LogP contribution in [0, 0.1) is 0 Å². The lowest BCUT2D eigenvalue weighted by Crippen LogP contribution is -2.13. The van der Waals surface area contributed by atoms with Crippen molar-refractivity contribution in [3.63, 3.8) is 0 Å². The van der Waals surface area contributed by atoms with Gasteiger partial charge in [-0.2, -0.15) is 0 Å². The summed E-state index contributed by atoms with van der Waals surface area (Å²) in [6.07, 6.45) is 1.42. The van der Waals surface area contributed by atoms with Gasteiger partial charge in [-0.25, -0.2) is 0 Å². The van der Waals surface area contributed by atoms with Gasteiger partial charge < -0.3 is 9.73 Å². The van der Waals surface area contributed by atoms with Crippen molar-refractivity contribution in [3.05, 3.63) is 52.9 Å². The fourth-order valence-corrected chi connectivity index (χ4v) is 3.55. The molecular weight excluding hydrogens is 428 g/mol. The molecule has 0 aliphatic rings. The molecule has 2 N–H and O–H groups in total. The lowest BCUT2D eigenvalue weighted by Gasteiger charge is -2.03. The van der Waals surface area contributed by atoms with Crippen LogP contribution in [0.3, 0.4) is 0 Å². The molecule has 0 aliphatic carbocycles. The number of nitrogens with zero attached hydrogens (tertiary/aromatic N) is 2. The molecule has 0 unspecified atom stereocenters. The number of nitrogens with one attached hydrogen (secondary N) is 2. The van der Waals surface area contributed by atoms with Crippen LogP contribution in [0.5, 0.6) is 0 Å². The molecule has 7 nitrogen and oxygen atoms in total. The molecule has 0 saturated heterocycles. The Morgan fingerprint density at radius 3 is 2.68 bits per heavy atom. The van der Waals surface area contributed by atoms with E-state index >= 15 is 0 Å². The largest absolute Gasteiger partial charge is 0.459 e. The molecule has 1 aromatic carbocycles. The highest BCUT2D eigenvalue weighted by atomic mass is 79.9. The van der Waals surface area contributed by atoms with E-state index in [1.54, 1.807) is 24.3 Å². The van der Waals surface area contributed by atoms with E-state index in [0.717, 1.165) is 10.2 Å². The Balaban J connectivity index is 1.49. The molecule has 10 heteroatoms. The van der Waals surface area contributed by atoms with Crippen LogP contribution in [0.4, 0.5) is 10.8 Å².